The van der Waals surface area contributed by atoms with Gasteiger partial charge in [-0.3, -0.25) is 4.79 Å². The Bertz CT molecular complexity index is 126. The van der Waals surface area contributed by atoms with Crippen molar-refractivity contribution in [3.05, 3.63) is 0 Å². The molecular formula is C9H18INO. The average Bonchev–Trinajstić information content (AvgIpc) is 2.00. The highest BCUT2D eigenvalue weighted by Gasteiger charge is 2.00. The fraction of sp³-hybridized carbons (Fsp3) is 0.889. The van der Waals surface area contributed by atoms with Gasteiger partial charge in [-0.15, -0.1) is 0 Å². The maximum Gasteiger partial charge on any atom is 0.220 e. The molecule has 0 spiro atoms. The van der Waals surface area contributed by atoms with E-state index in [1.165, 1.54) is 0 Å². The van der Waals surface area contributed by atoms with Crippen LogP contribution >= 0.6 is 22.6 Å². The lowest BCUT2D eigenvalue weighted by atomic mass is 10.1. The molecule has 1 amide bonds. The summed E-state index contributed by atoms with van der Waals surface area (Å²) in [6, 6.07) is 0. The molecule has 0 aliphatic carbocycles. The summed E-state index contributed by atoms with van der Waals surface area (Å²) in [6.45, 7) is 5.17. The van der Waals surface area contributed by atoms with E-state index < -0.39 is 0 Å². The van der Waals surface area contributed by atoms with Crippen LogP contribution in [0.4, 0.5) is 0 Å². The van der Waals surface area contributed by atoms with Crippen molar-refractivity contribution in [2.45, 2.75) is 33.1 Å². The molecule has 12 heavy (non-hydrogen) atoms. The summed E-state index contributed by atoms with van der Waals surface area (Å²) >= 11 is 2.25. The lowest BCUT2D eigenvalue weighted by molar-refractivity contribution is -0.121. The average molecular weight is 283 g/mol. The second kappa shape index (κ2) is 7.83. The van der Waals surface area contributed by atoms with Crippen molar-refractivity contribution in [3.63, 3.8) is 0 Å². The molecule has 0 saturated heterocycles. The molecule has 3 heteroatoms. The van der Waals surface area contributed by atoms with Crippen molar-refractivity contribution in [2.75, 3.05) is 11.0 Å². The van der Waals surface area contributed by atoms with Crippen molar-refractivity contribution < 1.29 is 4.79 Å². The monoisotopic (exact) mass is 283 g/mol. The minimum atomic E-state index is 0.201. The van der Waals surface area contributed by atoms with Gasteiger partial charge in [0.15, 0.2) is 0 Å². The first-order valence-electron chi connectivity index (χ1n) is 4.49. The SMILES string of the molecule is CC(C)CCCC(=O)NCCI. The molecule has 0 aromatic heterocycles. The molecule has 0 saturated carbocycles. The van der Waals surface area contributed by atoms with Gasteiger partial charge >= 0.3 is 0 Å². The molecule has 72 valence electrons. The number of nitrogens with one attached hydrogen (secondary N) is 1. The zero-order valence-corrected chi connectivity index (χ0v) is 10.1. The Morgan fingerprint density at radius 1 is 1.50 bits per heavy atom. The van der Waals surface area contributed by atoms with Gasteiger partial charge in [-0.1, -0.05) is 42.9 Å². The van der Waals surface area contributed by atoms with E-state index in [0.717, 1.165) is 23.8 Å². The van der Waals surface area contributed by atoms with Gasteiger partial charge in [-0.05, 0) is 12.3 Å². The standard InChI is InChI=1S/C9H18INO/c1-8(2)4-3-5-9(12)11-7-6-10/h8H,3-7H2,1-2H3,(H,11,12). The Morgan fingerprint density at radius 3 is 2.67 bits per heavy atom. The Morgan fingerprint density at radius 2 is 2.17 bits per heavy atom. The highest BCUT2D eigenvalue weighted by Crippen LogP contribution is 2.05. The quantitative estimate of drug-likeness (QED) is 0.588. The van der Waals surface area contributed by atoms with Gasteiger partial charge in [-0.25, -0.2) is 0 Å². The zero-order valence-electron chi connectivity index (χ0n) is 7.90. The summed E-state index contributed by atoms with van der Waals surface area (Å²) in [4.78, 5) is 11.1. The zero-order chi connectivity index (χ0) is 9.40. The molecule has 0 atom stereocenters. The van der Waals surface area contributed by atoms with Crippen LogP contribution in [0, 0.1) is 5.92 Å². The van der Waals surface area contributed by atoms with Gasteiger partial charge in [0.05, 0.1) is 0 Å². The number of hydrogen-bond acceptors (Lipinski definition) is 1. The molecule has 0 fully saturated rings. The highest BCUT2D eigenvalue weighted by molar-refractivity contribution is 14.1. The lowest BCUT2D eigenvalue weighted by Gasteiger charge is -2.04. The Balaban J connectivity index is 3.20. The Hall–Kier alpha value is 0.200. The second-order valence-electron chi connectivity index (χ2n) is 3.33. The van der Waals surface area contributed by atoms with Crippen LogP contribution in [0.25, 0.3) is 0 Å². The molecule has 0 aromatic rings. The van der Waals surface area contributed by atoms with Crippen LogP contribution in [0.5, 0.6) is 0 Å². The number of alkyl halides is 1. The van der Waals surface area contributed by atoms with Crippen LogP contribution in [0.2, 0.25) is 0 Å². The van der Waals surface area contributed by atoms with Crippen LogP contribution in [-0.4, -0.2) is 16.9 Å². The van der Waals surface area contributed by atoms with Crippen LogP contribution in [0.15, 0.2) is 0 Å². The van der Waals surface area contributed by atoms with Crippen molar-refractivity contribution in [2.24, 2.45) is 5.92 Å². The third-order valence-electron chi connectivity index (χ3n) is 1.60. The Labute approximate surface area is 88.6 Å². The molecule has 0 aliphatic heterocycles. The summed E-state index contributed by atoms with van der Waals surface area (Å²) in [5, 5.41) is 2.86. The summed E-state index contributed by atoms with van der Waals surface area (Å²) in [6.07, 6.45) is 2.86. The van der Waals surface area contributed by atoms with Gasteiger partial charge < -0.3 is 5.32 Å². The normalized spacial score (nSPS) is 10.3. The third kappa shape index (κ3) is 8.30. The first-order chi connectivity index (χ1) is 5.66. The van der Waals surface area contributed by atoms with Gasteiger partial charge in [0.25, 0.3) is 0 Å². The van der Waals surface area contributed by atoms with Crippen molar-refractivity contribution in [3.8, 4) is 0 Å². The molecule has 2 nitrogen and oxygen atoms in total. The van der Waals surface area contributed by atoms with E-state index in [-0.39, 0.29) is 5.91 Å². The number of carbonyl (C=O) groups excluding carboxylic acids is 1. The second-order valence-corrected chi connectivity index (χ2v) is 4.40. The van der Waals surface area contributed by atoms with E-state index in [1.807, 2.05) is 0 Å². The predicted molar refractivity (Wildman–Crippen MR) is 60.6 cm³/mol. The molecule has 1 N–H and O–H groups in total. The minimum Gasteiger partial charge on any atom is -0.355 e. The topological polar surface area (TPSA) is 29.1 Å². The smallest absolute Gasteiger partial charge is 0.220 e. The first kappa shape index (κ1) is 12.2. The number of rotatable bonds is 6. The van der Waals surface area contributed by atoms with Crippen molar-refractivity contribution in [1.82, 2.24) is 5.32 Å². The van der Waals surface area contributed by atoms with E-state index in [0.29, 0.717) is 12.3 Å². The molecule has 0 aromatic carbocycles. The fourth-order valence-electron chi connectivity index (χ4n) is 0.946. The first-order valence-corrected chi connectivity index (χ1v) is 6.02. The van der Waals surface area contributed by atoms with Crippen LogP contribution in [0.1, 0.15) is 33.1 Å². The lowest BCUT2D eigenvalue weighted by Crippen LogP contribution is -2.24. The summed E-state index contributed by atoms with van der Waals surface area (Å²) < 4.78 is 0.994. The summed E-state index contributed by atoms with van der Waals surface area (Å²) in [7, 11) is 0. The molecule has 0 aliphatic rings. The van der Waals surface area contributed by atoms with Gasteiger partial charge in [0.2, 0.25) is 5.91 Å². The Kier molecular flexibility index (Phi) is 7.96. The minimum absolute atomic E-state index is 0.201. The number of hydrogen-bond donors (Lipinski definition) is 1. The van der Waals surface area contributed by atoms with Gasteiger partial charge in [-0.2, -0.15) is 0 Å². The molecule has 0 radical (unpaired) electrons. The third-order valence-corrected chi connectivity index (χ3v) is 2.14. The predicted octanol–water partition coefficient (Wildman–Crippen LogP) is 2.36. The van der Waals surface area contributed by atoms with E-state index in [9.17, 15) is 4.79 Å². The van der Waals surface area contributed by atoms with Gasteiger partial charge in [0, 0.05) is 17.4 Å². The number of carbonyl (C=O) groups is 1. The van der Waals surface area contributed by atoms with Crippen LogP contribution < -0.4 is 5.32 Å². The number of amides is 1. The molecule has 0 bridgehead atoms. The summed E-state index contributed by atoms with van der Waals surface area (Å²) in [5.41, 5.74) is 0. The van der Waals surface area contributed by atoms with Crippen LogP contribution in [0.3, 0.4) is 0 Å². The van der Waals surface area contributed by atoms with E-state index in [1.54, 1.807) is 0 Å². The molecule has 0 unspecified atom stereocenters. The molecule has 0 rings (SSSR count). The maximum absolute atomic E-state index is 11.1. The van der Waals surface area contributed by atoms with E-state index >= 15 is 0 Å². The van der Waals surface area contributed by atoms with Crippen molar-refractivity contribution in [1.29, 1.82) is 0 Å². The number of halogens is 1. The van der Waals surface area contributed by atoms with E-state index in [2.05, 4.69) is 41.8 Å². The van der Waals surface area contributed by atoms with Gasteiger partial charge in [0.1, 0.15) is 0 Å². The molecule has 0 heterocycles. The maximum atomic E-state index is 11.1. The highest BCUT2D eigenvalue weighted by atomic mass is 127. The van der Waals surface area contributed by atoms with Crippen LogP contribution in [-0.2, 0) is 4.79 Å². The fourth-order valence-corrected chi connectivity index (χ4v) is 1.22. The van der Waals surface area contributed by atoms with E-state index in [4.69, 9.17) is 0 Å². The van der Waals surface area contributed by atoms with Crippen molar-refractivity contribution >= 4 is 28.5 Å². The summed E-state index contributed by atoms with van der Waals surface area (Å²) in [5.74, 6) is 0.912. The largest absolute Gasteiger partial charge is 0.355 e. The molecular weight excluding hydrogens is 265 g/mol.